The van der Waals surface area contributed by atoms with E-state index in [1.165, 1.54) is 6.07 Å². The fraction of sp³-hybridized carbons (Fsp3) is 0.500. The van der Waals surface area contributed by atoms with Crippen LogP contribution in [0.5, 0.6) is 0 Å². The van der Waals surface area contributed by atoms with E-state index in [0.717, 1.165) is 25.7 Å². The maximum atomic E-state index is 13.7. The SMILES string of the molecule is O=C(CCl)NC1(Cc2ccccc2F)CCCC1. The van der Waals surface area contributed by atoms with E-state index >= 15 is 0 Å². The lowest BCUT2D eigenvalue weighted by Crippen LogP contribution is -2.48. The highest BCUT2D eigenvalue weighted by atomic mass is 35.5. The van der Waals surface area contributed by atoms with Crippen LogP contribution in [-0.2, 0) is 11.2 Å². The Kier molecular flexibility index (Phi) is 4.23. The summed E-state index contributed by atoms with van der Waals surface area (Å²) in [4.78, 5) is 11.5. The summed E-state index contributed by atoms with van der Waals surface area (Å²) in [6.45, 7) is 0. The van der Waals surface area contributed by atoms with Crippen LogP contribution in [0.1, 0.15) is 31.2 Å². The number of rotatable bonds is 4. The number of hydrogen-bond donors (Lipinski definition) is 1. The zero-order valence-corrected chi connectivity index (χ0v) is 11.0. The normalized spacial score (nSPS) is 17.7. The number of amides is 1. The predicted molar refractivity (Wildman–Crippen MR) is 70.2 cm³/mol. The van der Waals surface area contributed by atoms with Crippen LogP contribution < -0.4 is 5.32 Å². The van der Waals surface area contributed by atoms with Crippen LogP contribution in [-0.4, -0.2) is 17.3 Å². The molecule has 98 valence electrons. The molecule has 4 heteroatoms. The van der Waals surface area contributed by atoms with E-state index in [1.807, 2.05) is 6.07 Å². The van der Waals surface area contributed by atoms with Crippen LogP contribution in [0, 0.1) is 5.82 Å². The zero-order valence-electron chi connectivity index (χ0n) is 10.2. The van der Waals surface area contributed by atoms with Gasteiger partial charge in [0, 0.05) is 5.54 Å². The molecule has 2 nitrogen and oxygen atoms in total. The van der Waals surface area contributed by atoms with Crippen molar-refractivity contribution >= 4 is 17.5 Å². The maximum Gasteiger partial charge on any atom is 0.235 e. The smallest absolute Gasteiger partial charge is 0.235 e. The highest BCUT2D eigenvalue weighted by molar-refractivity contribution is 6.27. The highest BCUT2D eigenvalue weighted by Gasteiger charge is 2.35. The molecule has 1 amide bonds. The molecule has 0 spiro atoms. The van der Waals surface area contributed by atoms with Crippen molar-refractivity contribution in [2.75, 3.05) is 5.88 Å². The molecule has 1 fully saturated rings. The number of hydrogen-bond acceptors (Lipinski definition) is 1. The number of carbonyl (C=O) groups excluding carboxylic acids is 1. The number of carbonyl (C=O) groups is 1. The summed E-state index contributed by atoms with van der Waals surface area (Å²) >= 11 is 5.54. The van der Waals surface area contributed by atoms with Gasteiger partial charge in [-0.2, -0.15) is 0 Å². The predicted octanol–water partition coefficient (Wildman–Crippen LogP) is 3.04. The van der Waals surface area contributed by atoms with Crippen LogP contribution in [0.4, 0.5) is 4.39 Å². The van der Waals surface area contributed by atoms with Gasteiger partial charge in [0.05, 0.1) is 0 Å². The van der Waals surface area contributed by atoms with Crippen molar-refractivity contribution in [1.82, 2.24) is 5.32 Å². The van der Waals surface area contributed by atoms with E-state index in [1.54, 1.807) is 12.1 Å². The Morgan fingerprint density at radius 1 is 1.33 bits per heavy atom. The minimum absolute atomic E-state index is 0.0426. The van der Waals surface area contributed by atoms with E-state index in [-0.39, 0.29) is 23.1 Å². The summed E-state index contributed by atoms with van der Waals surface area (Å²) in [5.74, 6) is -0.419. The topological polar surface area (TPSA) is 29.1 Å². The van der Waals surface area contributed by atoms with E-state index in [2.05, 4.69) is 5.32 Å². The van der Waals surface area contributed by atoms with Gasteiger partial charge < -0.3 is 5.32 Å². The molecule has 0 radical (unpaired) electrons. The summed E-state index contributed by atoms with van der Waals surface area (Å²) in [7, 11) is 0. The Bertz CT molecular complexity index is 430. The average Bonchev–Trinajstić information content (AvgIpc) is 2.80. The Labute approximate surface area is 112 Å². The molecule has 1 aliphatic rings. The molecule has 0 atom stereocenters. The summed E-state index contributed by atoms with van der Waals surface area (Å²) < 4.78 is 13.7. The van der Waals surface area contributed by atoms with Gasteiger partial charge in [-0.15, -0.1) is 11.6 Å². The lowest BCUT2D eigenvalue weighted by Gasteiger charge is -2.30. The fourth-order valence-electron chi connectivity index (χ4n) is 2.73. The van der Waals surface area contributed by atoms with Crippen molar-refractivity contribution in [1.29, 1.82) is 0 Å². The second-order valence-electron chi connectivity index (χ2n) is 4.94. The number of benzene rings is 1. The van der Waals surface area contributed by atoms with Gasteiger partial charge in [0.15, 0.2) is 0 Å². The van der Waals surface area contributed by atoms with Crippen molar-refractivity contribution in [3.63, 3.8) is 0 Å². The van der Waals surface area contributed by atoms with Crippen molar-refractivity contribution in [2.24, 2.45) is 0 Å². The lowest BCUT2D eigenvalue weighted by molar-refractivity contribution is -0.120. The van der Waals surface area contributed by atoms with Crippen LogP contribution >= 0.6 is 11.6 Å². The summed E-state index contributed by atoms with van der Waals surface area (Å²) in [6.07, 6.45) is 4.46. The Morgan fingerprint density at radius 3 is 2.61 bits per heavy atom. The molecule has 1 aromatic rings. The van der Waals surface area contributed by atoms with Gasteiger partial charge in [0.2, 0.25) is 5.91 Å². The van der Waals surface area contributed by atoms with E-state index < -0.39 is 0 Å². The number of halogens is 2. The van der Waals surface area contributed by atoms with Crippen molar-refractivity contribution in [2.45, 2.75) is 37.6 Å². The Morgan fingerprint density at radius 2 is 2.00 bits per heavy atom. The molecule has 1 N–H and O–H groups in total. The summed E-state index contributed by atoms with van der Waals surface area (Å²) in [5.41, 5.74) is 0.350. The van der Waals surface area contributed by atoms with Gasteiger partial charge in [-0.05, 0) is 30.9 Å². The second-order valence-corrected chi connectivity index (χ2v) is 5.20. The maximum absolute atomic E-state index is 13.7. The molecule has 1 aliphatic carbocycles. The minimum Gasteiger partial charge on any atom is -0.349 e. The number of alkyl halides is 1. The molecule has 0 aliphatic heterocycles. The van der Waals surface area contributed by atoms with Crippen LogP contribution in [0.2, 0.25) is 0 Å². The Balaban J connectivity index is 2.16. The third kappa shape index (κ3) is 3.02. The average molecular weight is 270 g/mol. The van der Waals surface area contributed by atoms with Gasteiger partial charge in [0.25, 0.3) is 0 Å². The van der Waals surface area contributed by atoms with Crippen molar-refractivity contribution < 1.29 is 9.18 Å². The molecular weight excluding hydrogens is 253 g/mol. The first kappa shape index (κ1) is 13.3. The molecule has 0 saturated heterocycles. The van der Waals surface area contributed by atoms with Gasteiger partial charge in [-0.1, -0.05) is 31.0 Å². The molecule has 0 aromatic heterocycles. The monoisotopic (exact) mass is 269 g/mol. The van der Waals surface area contributed by atoms with Gasteiger partial charge in [-0.25, -0.2) is 4.39 Å². The third-order valence-corrected chi connectivity index (χ3v) is 3.82. The van der Waals surface area contributed by atoms with Crippen molar-refractivity contribution in [3.8, 4) is 0 Å². The zero-order chi connectivity index (χ0) is 13.0. The van der Waals surface area contributed by atoms with E-state index in [0.29, 0.717) is 12.0 Å². The first-order valence-corrected chi connectivity index (χ1v) is 6.79. The first-order valence-electron chi connectivity index (χ1n) is 6.26. The van der Waals surface area contributed by atoms with Gasteiger partial charge >= 0.3 is 0 Å². The molecule has 2 rings (SSSR count). The standard InChI is InChI=1S/C14H17ClFNO/c15-10-13(18)17-14(7-3-4-8-14)9-11-5-1-2-6-12(11)16/h1-2,5-6H,3-4,7-10H2,(H,17,18). The van der Waals surface area contributed by atoms with E-state index in [4.69, 9.17) is 11.6 Å². The molecule has 18 heavy (non-hydrogen) atoms. The van der Waals surface area contributed by atoms with E-state index in [9.17, 15) is 9.18 Å². The first-order chi connectivity index (χ1) is 8.65. The molecule has 1 aromatic carbocycles. The van der Waals surface area contributed by atoms with Gasteiger partial charge in [0.1, 0.15) is 11.7 Å². The Hall–Kier alpha value is -1.09. The van der Waals surface area contributed by atoms with Crippen LogP contribution in [0.15, 0.2) is 24.3 Å². The number of nitrogens with one attached hydrogen (secondary N) is 1. The quantitative estimate of drug-likeness (QED) is 0.837. The van der Waals surface area contributed by atoms with Gasteiger partial charge in [-0.3, -0.25) is 4.79 Å². The second kappa shape index (κ2) is 5.70. The molecule has 0 bridgehead atoms. The largest absolute Gasteiger partial charge is 0.349 e. The summed E-state index contributed by atoms with van der Waals surface area (Å²) in [6, 6.07) is 6.74. The van der Waals surface area contributed by atoms with Crippen molar-refractivity contribution in [3.05, 3.63) is 35.6 Å². The fourth-order valence-corrected chi connectivity index (χ4v) is 2.80. The summed E-state index contributed by atoms with van der Waals surface area (Å²) in [5, 5.41) is 2.98. The molecular formula is C14H17ClFNO. The third-order valence-electron chi connectivity index (χ3n) is 3.57. The van der Waals surface area contributed by atoms with Crippen LogP contribution in [0.25, 0.3) is 0 Å². The van der Waals surface area contributed by atoms with Crippen LogP contribution in [0.3, 0.4) is 0 Å². The molecule has 0 heterocycles. The molecule has 0 unspecified atom stereocenters. The lowest BCUT2D eigenvalue weighted by atomic mass is 9.88. The molecule has 1 saturated carbocycles. The minimum atomic E-state index is -0.311. The highest BCUT2D eigenvalue weighted by Crippen LogP contribution is 2.33.